The minimum atomic E-state index is -0.567. The first-order valence-corrected chi connectivity index (χ1v) is 9.69. The van der Waals surface area contributed by atoms with Crippen LogP contribution in [-0.4, -0.2) is 29.4 Å². The van der Waals surface area contributed by atoms with E-state index >= 15 is 0 Å². The molecule has 7 nitrogen and oxygen atoms in total. The molecule has 0 unspecified atom stereocenters. The van der Waals surface area contributed by atoms with Gasteiger partial charge in [-0.3, -0.25) is 25.0 Å². The van der Waals surface area contributed by atoms with Crippen LogP contribution in [-0.2, 0) is 14.4 Å². The van der Waals surface area contributed by atoms with Crippen molar-refractivity contribution in [1.29, 1.82) is 0 Å². The first-order valence-electron chi connectivity index (χ1n) is 8.49. The van der Waals surface area contributed by atoms with Gasteiger partial charge in [-0.25, -0.2) is 0 Å². The van der Waals surface area contributed by atoms with Crippen molar-refractivity contribution in [3.63, 3.8) is 0 Å². The van der Waals surface area contributed by atoms with Gasteiger partial charge in [-0.05, 0) is 76.5 Å². The molecule has 0 atom stereocenters. The van der Waals surface area contributed by atoms with Gasteiger partial charge in [0.05, 0.1) is 4.47 Å². The van der Waals surface area contributed by atoms with Gasteiger partial charge in [0, 0.05) is 5.69 Å². The largest absolute Gasteiger partial charge is 0.483 e. The molecule has 3 amide bonds. The monoisotopic (exact) mass is 473 g/mol. The second-order valence-electron chi connectivity index (χ2n) is 6.19. The molecule has 1 saturated heterocycles. The van der Waals surface area contributed by atoms with E-state index in [4.69, 9.17) is 17.0 Å². The molecular weight excluding hydrogens is 458 g/mol. The molecule has 0 radical (unpaired) electrons. The van der Waals surface area contributed by atoms with Gasteiger partial charge in [-0.2, -0.15) is 0 Å². The smallest absolute Gasteiger partial charge is 0.263 e. The van der Waals surface area contributed by atoms with Gasteiger partial charge in [0.2, 0.25) is 0 Å². The maximum absolute atomic E-state index is 12.1. The van der Waals surface area contributed by atoms with Gasteiger partial charge in [0.15, 0.2) is 11.7 Å². The van der Waals surface area contributed by atoms with Crippen molar-refractivity contribution in [3.05, 3.63) is 63.6 Å². The van der Waals surface area contributed by atoms with Gasteiger partial charge in [0.25, 0.3) is 17.7 Å². The third-order valence-corrected chi connectivity index (χ3v) is 4.69. The second kappa shape index (κ2) is 8.97. The van der Waals surface area contributed by atoms with Crippen LogP contribution in [0.1, 0.15) is 11.1 Å². The van der Waals surface area contributed by atoms with E-state index in [-0.39, 0.29) is 23.2 Å². The molecule has 9 heteroatoms. The molecule has 2 aromatic rings. The lowest BCUT2D eigenvalue weighted by molar-refractivity contribution is -0.123. The highest BCUT2D eigenvalue weighted by molar-refractivity contribution is 9.10. The lowest BCUT2D eigenvalue weighted by atomic mass is 10.1. The highest BCUT2D eigenvalue weighted by atomic mass is 79.9. The molecule has 0 saturated carbocycles. The van der Waals surface area contributed by atoms with E-state index in [0.29, 0.717) is 21.5 Å². The summed E-state index contributed by atoms with van der Waals surface area (Å²) >= 11 is 8.14. The number of ether oxygens (including phenoxy) is 1. The van der Waals surface area contributed by atoms with Crippen LogP contribution in [0.2, 0.25) is 0 Å². The van der Waals surface area contributed by atoms with Crippen molar-refractivity contribution < 1.29 is 19.1 Å². The van der Waals surface area contributed by atoms with E-state index in [9.17, 15) is 14.4 Å². The third kappa shape index (κ3) is 5.49. The van der Waals surface area contributed by atoms with Crippen LogP contribution in [0.15, 0.2) is 52.5 Å². The molecular formula is C20H16BrN3O4S. The first kappa shape index (κ1) is 20.7. The summed E-state index contributed by atoms with van der Waals surface area (Å²) in [6.07, 6.45) is 1.44. The fraction of sp³-hybridized carbons (Fsp3) is 0.100. The zero-order valence-electron chi connectivity index (χ0n) is 15.2. The van der Waals surface area contributed by atoms with E-state index in [1.807, 2.05) is 25.1 Å². The topological polar surface area (TPSA) is 96.5 Å². The molecule has 1 aliphatic heterocycles. The van der Waals surface area contributed by atoms with Gasteiger partial charge >= 0.3 is 0 Å². The van der Waals surface area contributed by atoms with Crippen LogP contribution in [0.3, 0.4) is 0 Å². The minimum Gasteiger partial charge on any atom is -0.483 e. The summed E-state index contributed by atoms with van der Waals surface area (Å²) < 4.78 is 6.12. The predicted molar refractivity (Wildman–Crippen MR) is 116 cm³/mol. The number of nitrogens with one attached hydrogen (secondary N) is 3. The average molecular weight is 474 g/mol. The summed E-state index contributed by atoms with van der Waals surface area (Å²) in [7, 11) is 0. The lowest BCUT2D eigenvalue weighted by Gasteiger charge is -2.16. The predicted octanol–water partition coefficient (Wildman–Crippen LogP) is 2.69. The SMILES string of the molecule is Cc1cccc(NC(=O)COc2ccc(C=C3C(=O)NC(=S)NC3=O)cc2Br)c1. The summed E-state index contributed by atoms with van der Waals surface area (Å²) in [6.45, 7) is 1.77. The zero-order valence-corrected chi connectivity index (χ0v) is 17.6. The fourth-order valence-electron chi connectivity index (χ4n) is 2.56. The van der Waals surface area contributed by atoms with Crippen LogP contribution in [0.25, 0.3) is 6.08 Å². The Balaban J connectivity index is 1.64. The standard InChI is InChI=1S/C20H16BrN3O4S/c1-11-3-2-4-13(7-11)22-17(25)10-28-16-6-5-12(9-15(16)21)8-14-18(26)23-20(29)24-19(14)27/h2-9H,10H2,1H3,(H,22,25)(H2,23,24,26,27,29). The quantitative estimate of drug-likeness (QED) is 0.352. The van der Waals surface area contributed by atoms with Crippen LogP contribution in [0, 0.1) is 6.92 Å². The summed E-state index contributed by atoms with van der Waals surface area (Å²) in [4.78, 5) is 35.9. The maximum atomic E-state index is 12.1. The van der Waals surface area contributed by atoms with Crippen molar-refractivity contribution in [2.24, 2.45) is 0 Å². The summed E-state index contributed by atoms with van der Waals surface area (Å²) in [5.74, 6) is -0.975. The minimum absolute atomic E-state index is 0.0222. The Kier molecular flexibility index (Phi) is 6.40. The van der Waals surface area contributed by atoms with Crippen molar-refractivity contribution in [3.8, 4) is 5.75 Å². The number of rotatable bonds is 5. The molecule has 0 aliphatic carbocycles. The van der Waals surface area contributed by atoms with Crippen LogP contribution in [0.4, 0.5) is 5.69 Å². The summed E-state index contributed by atoms with van der Waals surface area (Å²) in [6, 6.07) is 12.4. The number of amides is 3. The van der Waals surface area contributed by atoms with Crippen LogP contribution >= 0.6 is 28.1 Å². The Bertz CT molecular complexity index is 1030. The van der Waals surface area contributed by atoms with E-state index in [2.05, 4.69) is 31.9 Å². The van der Waals surface area contributed by atoms with E-state index in [0.717, 1.165) is 5.56 Å². The summed E-state index contributed by atoms with van der Waals surface area (Å²) in [5, 5.41) is 7.49. The molecule has 0 spiro atoms. The van der Waals surface area contributed by atoms with Crippen LogP contribution in [0.5, 0.6) is 5.75 Å². The number of thiocarbonyl (C=S) groups is 1. The first-order chi connectivity index (χ1) is 13.8. The lowest BCUT2D eigenvalue weighted by Crippen LogP contribution is -2.51. The Hall–Kier alpha value is -3.04. The Morgan fingerprint density at radius 2 is 1.90 bits per heavy atom. The highest BCUT2D eigenvalue weighted by Gasteiger charge is 2.25. The van der Waals surface area contributed by atoms with Gasteiger partial charge < -0.3 is 10.1 Å². The number of aryl methyl sites for hydroxylation is 1. The molecule has 1 aliphatic rings. The normalized spacial score (nSPS) is 13.4. The van der Waals surface area contributed by atoms with Crippen molar-refractivity contribution in [2.75, 3.05) is 11.9 Å². The average Bonchev–Trinajstić information content (AvgIpc) is 2.64. The number of carbonyl (C=O) groups excluding carboxylic acids is 3. The Morgan fingerprint density at radius 3 is 2.55 bits per heavy atom. The molecule has 148 valence electrons. The summed E-state index contributed by atoms with van der Waals surface area (Å²) in [5.41, 5.74) is 2.28. The molecule has 3 rings (SSSR count). The molecule has 1 fully saturated rings. The van der Waals surface area contributed by atoms with Gasteiger partial charge in [-0.1, -0.05) is 18.2 Å². The molecule has 2 aromatic carbocycles. The Labute approximate surface area is 180 Å². The third-order valence-electron chi connectivity index (χ3n) is 3.87. The number of halogens is 1. The van der Waals surface area contributed by atoms with Gasteiger partial charge in [0.1, 0.15) is 11.3 Å². The van der Waals surface area contributed by atoms with Crippen LogP contribution < -0.4 is 20.7 Å². The second-order valence-corrected chi connectivity index (χ2v) is 7.45. The zero-order chi connectivity index (χ0) is 21.0. The molecule has 0 aromatic heterocycles. The number of hydrogen-bond donors (Lipinski definition) is 3. The van der Waals surface area contributed by atoms with Crippen molar-refractivity contribution >= 4 is 62.7 Å². The van der Waals surface area contributed by atoms with Gasteiger partial charge in [-0.15, -0.1) is 0 Å². The van der Waals surface area contributed by atoms with Crippen molar-refractivity contribution in [2.45, 2.75) is 6.92 Å². The molecule has 1 heterocycles. The number of carbonyl (C=O) groups is 3. The maximum Gasteiger partial charge on any atom is 0.263 e. The Morgan fingerprint density at radius 1 is 1.17 bits per heavy atom. The molecule has 0 bridgehead atoms. The molecule has 3 N–H and O–H groups in total. The highest BCUT2D eigenvalue weighted by Crippen LogP contribution is 2.27. The molecule has 29 heavy (non-hydrogen) atoms. The number of anilines is 1. The van der Waals surface area contributed by atoms with E-state index in [1.54, 1.807) is 24.3 Å². The van der Waals surface area contributed by atoms with E-state index in [1.165, 1.54) is 6.08 Å². The van der Waals surface area contributed by atoms with Crippen molar-refractivity contribution in [1.82, 2.24) is 10.6 Å². The van der Waals surface area contributed by atoms with E-state index < -0.39 is 11.8 Å². The number of hydrogen-bond acceptors (Lipinski definition) is 5. The fourth-order valence-corrected chi connectivity index (χ4v) is 3.26. The number of benzene rings is 2.